The second-order valence-electron chi connectivity index (χ2n) is 5.73. The Kier molecular flexibility index (Phi) is 6.45. The van der Waals surface area contributed by atoms with Crippen LogP contribution < -0.4 is 9.62 Å². The first kappa shape index (κ1) is 20.8. The van der Waals surface area contributed by atoms with Crippen LogP contribution in [-0.2, 0) is 14.8 Å². The van der Waals surface area contributed by atoms with Gasteiger partial charge in [-0.2, -0.15) is 0 Å². The van der Waals surface area contributed by atoms with E-state index in [2.05, 4.69) is 5.32 Å². The minimum Gasteiger partial charge on any atom is -0.324 e. The molecule has 140 valence electrons. The molecule has 2 rings (SSSR count). The maximum Gasteiger partial charge on any atom is 0.248 e. The van der Waals surface area contributed by atoms with Crippen LogP contribution in [0.3, 0.4) is 0 Å². The highest BCUT2D eigenvalue weighted by molar-refractivity contribution is 7.92. The number of rotatable bonds is 5. The number of hydrogen-bond acceptors (Lipinski definition) is 3. The Morgan fingerprint density at radius 1 is 1.08 bits per heavy atom. The molecule has 0 aliphatic rings. The molecule has 0 aliphatic heterocycles. The fourth-order valence-electron chi connectivity index (χ4n) is 2.41. The van der Waals surface area contributed by atoms with Gasteiger partial charge in [-0.05, 0) is 49.7 Å². The molecule has 0 fully saturated rings. The van der Waals surface area contributed by atoms with Crippen molar-refractivity contribution in [2.75, 3.05) is 15.9 Å². The van der Waals surface area contributed by atoms with E-state index in [-0.39, 0.29) is 15.7 Å². The van der Waals surface area contributed by atoms with E-state index in [0.29, 0.717) is 16.3 Å². The van der Waals surface area contributed by atoms with Gasteiger partial charge in [0.25, 0.3) is 0 Å². The molecule has 9 heteroatoms. The van der Waals surface area contributed by atoms with Crippen molar-refractivity contribution >= 4 is 62.1 Å². The number of amides is 1. The third kappa shape index (κ3) is 4.62. The van der Waals surface area contributed by atoms with Crippen LogP contribution in [0.15, 0.2) is 36.4 Å². The summed E-state index contributed by atoms with van der Waals surface area (Å²) in [4.78, 5) is 12.7. The standard InChI is InChI=1S/C17H17Cl3N2O3S/c1-10-13(18)5-4-6-16(10)21-17(23)11(2)22(26(3,24)25)12-7-8-14(19)15(20)9-12/h4-9,11H,1-3H3,(H,21,23)/t11-/m1/s1. The first-order valence-electron chi connectivity index (χ1n) is 7.53. The number of nitrogens with one attached hydrogen (secondary N) is 1. The third-order valence-corrected chi connectivity index (χ3v) is 6.16. The van der Waals surface area contributed by atoms with Gasteiger partial charge in [-0.1, -0.05) is 40.9 Å². The first-order valence-corrected chi connectivity index (χ1v) is 10.5. The molecule has 0 saturated carbocycles. The summed E-state index contributed by atoms with van der Waals surface area (Å²) in [5, 5.41) is 3.69. The lowest BCUT2D eigenvalue weighted by molar-refractivity contribution is -0.116. The molecule has 2 aromatic rings. The molecule has 0 unspecified atom stereocenters. The van der Waals surface area contributed by atoms with E-state index in [1.165, 1.54) is 25.1 Å². The molecule has 0 heterocycles. The van der Waals surface area contributed by atoms with Crippen molar-refractivity contribution in [1.29, 1.82) is 0 Å². The molecule has 1 amide bonds. The fraction of sp³-hybridized carbons (Fsp3) is 0.235. The predicted octanol–water partition coefficient (Wildman–Crippen LogP) is 4.75. The molecule has 0 radical (unpaired) electrons. The van der Waals surface area contributed by atoms with E-state index < -0.39 is 22.0 Å². The zero-order valence-corrected chi connectivity index (χ0v) is 17.3. The van der Waals surface area contributed by atoms with Crippen molar-refractivity contribution in [3.8, 4) is 0 Å². The Morgan fingerprint density at radius 3 is 2.31 bits per heavy atom. The van der Waals surface area contributed by atoms with Crippen molar-refractivity contribution in [3.05, 3.63) is 57.0 Å². The molecule has 0 aliphatic carbocycles. The summed E-state index contributed by atoms with van der Waals surface area (Å²) in [5.41, 5.74) is 1.44. The SMILES string of the molecule is Cc1c(Cl)cccc1NC(=O)[C@@H](C)N(c1ccc(Cl)c(Cl)c1)S(C)(=O)=O. The zero-order valence-electron chi connectivity index (χ0n) is 14.3. The molecule has 2 aromatic carbocycles. The topological polar surface area (TPSA) is 66.5 Å². The summed E-state index contributed by atoms with van der Waals surface area (Å²) in [6, 6.07) is 8.43. The number of carbonyl (C=O) groups excluding carboxylic acids is 1. The summed E-state index contributed by atoms with van der Waals surface area (Å²) in [6.45, 7) is 3.24. The number of sulfonamides is 1. The Hall–Kier alpha value is -1.47. The fourth-order valence-corrected chi connectivity index (χ4v) is 4.04. The van der Waals surface area contributed by atoms with Gasteiger partial charge in [0.2, 0.25) is 15.9 Å². The van der Waals surface area contributed by atoms with Crippen LogP contribution in [0.5, 0.6) is 0 Å². The number of halogens is 3. The number of nitrogens with zero attached hydrogens (tertiary/aromatic N) is 1. The average molecular weight is 436 g/mol. The monoisotopic (exact) mass is 434 g/mol. The molecule has 26 heavy (non-hydrogen) atoms. The van der Waals surface area contributed by atoms with Gasteiger partial charge in [0.1, 0.15) is 6.04 Å². The van der Waals surface area contributed by atoms with Crippen LogP contribution in [0.1, 0.15) is 12.5 Å². The zero-order chi connectivity index (χ0) is 19.6. The molecule has 1 atom stereocenters. The van der Waals surface area contributed by atoms with Crippen LogP contribution in [0.25, 0.3) is 0 Å². The van der Waals surface area contributed by atoms with Crippen molar-refractivity contribution in [1.82, 2.24) is 0 Å². The summed E-state index contributed by atoms with van der Waals surface area (Å²) in [6.07, 6.45) is 1.02. The van der Waals surface area contributed by atoms with Crippen LogP contribution in [-0.4, -0.2) is 26.6 Å². The van der Waals surface area contributed by atoms with Crippen molar-refractivity contribution in [2.45, 2.75) is 19.9 Å². The largest absolute Gasteiger partial charge is 0.324 e. The quantitative estimate of drug-likeness (QED) is 0.737. The minimum atomic E-state index is -3.76. The van der Waals surface area contributed by atoms with E-state index in [0.717, 1.165) is 10.6 Å². The lowest BCUT2D eigenvalue weighted by Gasteiger charge is -2.28. The molecule has 0 bridgehead atoms. The second kappa shape index (κ2) is 8.05. The normalized spacial score (nSPS) is 12.5. The van der Waals surface area contributed by atoms with Gasteiger partial charge < -0.3 is 5.32 Å². The van der Waals surface area contributed by atoms with E-state index in [1.54, 1.807) is 25.1 Å². The average Bonchev–Trinajstić information content (AvgIpc) is 2.54. The van der Waals surface area contributed by atoms with Crippen LogP contribution in [0.2, 0.25) is 15.1 Å². The summed E-state index contributed by atoms with van der Waals surface area (Å²) in [7, 11) is -3.76. The maximum atomic E-state index is 12.7. The summed E-state index contributed by atoms with van der Waals surface area (Å²) < 4.78 is 25.6. The van der Waals surface area contributed by atoms with Gasteiger partial charge in [0, 0.05) is 10.7 Å². The van der Waals surface area contributed by atoms with E-state index in [9.17, 15) is 13.2 Å². The number of benzene rings is 2. The highest BCUT2D eigenvalue weighted by Crippen LogP contribution is 2.30. The Bertz CT molecular complexity index is 948. The Balaban J connectivity index is 2.37. The van der Waals surface area contributed by atoms with Crippen LogP contribution >= 0.6 is 34.8 Å². The van der Waals surface area contributed by atoms with Crippen LogP contribution in [0.4, 0.5) is 11.4 Å². The molecule has 0 aromatic heterocycles. The predicted molar refractivity (Wildman–Crippen MR) is 108 cm³/mol. The molecule has 1 N–H and O–H groups in total. The lowest BCUT2D eigenvalue weighted by atomic mass is 10.2. The van der Waals surface area contributed by atoms with Gasteiger partial charge in [-0.15, -0.1) is 0 Å². The Morgan fingerprint density at radius 2 is 1.73 bits per heavy atom. The Labute approximate surface area is 167 Å². The number of carbonyl (C=O) groups is 1. The molecule has 0 saturated heterocycles. The van der Waals surface area contributed by atoms with Crippen molar-refractivity contribution in [3.63, 3.8) is 0 Å². The molecular formula is C17H17Cl3N2O3S. The van der Waals surface area contributed by atoms with Gasteiger partial charge in [-0.3, -0.25) is 9.10 Å². The van der Waals surface area contributed by atoms with Crippen LogP contribution in [0, 0.1) is 6.92 Å². The third-order valence-electron chi connectivity index (χ3n) is 3.77. The minimum absolute atomic E-state index is 0.191. The van der Waals surface area contributed by atoms with Gasteiger partial charge in [0.15, 0.2) is 0 Å². The maximum absolute atomic E-state index is 12.7. The van der Waals surface area contributed by atoms with Crippen molar-refractivity contribution < 1.29 is 13.2 Å². The van der Waals surface area contributed by atoms with E-state index >= 15 is 0 Å². The smallest absolute Gasteiger partial charge is 0.248 e. The summed E-state index contributed by atoms with van der Waals surface area (Å²) >= 11 is 17.9. The first-order chi connectivity index (χ1) is 12.0. The van der Waals surface area contributed by atoms with E-state index in [1.807, 2.05) is 0 Å². The van der Waals surface area contributed by atoms with Gasteiger partial charge in [-0.25, -0.2) is 8.42 Å². The van der Waals surface area contributed by atoms with Crippen molar-refractivity contribution in [2.24, 2.45) is 0 Å². The van der Waals surface area contributed by atoms with Gasteiger partial charge in [0.05, 0.1) is 22.0 Å². The highest BCUT2D eigenvalue weighted by Gasteiger charge is 2.29. The lowest BCUT2D eigenvalue weighted by Crippen LogP contribution is -2.45. The number of hydrogen-bond donors (Lipinski definition) is 1. The van der Waals surface area contributed by atoms with E-state index in [4.69, 9.17) is 34.8 Å². The highest BCUT2D eigenvalue weighted by atomic mass is 35.5. The molecular weight excluding hydrogens is 419 g/mol. The second-order valence-corrected chi connectivity index (χ2v) is 8.82. The molecule has 0 spiro atoms. The van der Waals surface area contributed by atoms with Gasteiger partial charge >= 0.3 is 0 Å². The summed E-state index contributed by atoms with van der Waals surface area (Å²) in [5.74, 6) is -0.508. The molecule has 5 nitrogen and oxygen atoms in total. The number of anilines is 2.